The maximum atomic E-state index is 2.61. The molecule has 2 rings (SSSR count). The number of likely N-dealkylation sites (tertiary alicyclic amines) is 1. The SMILES string of the molecule is CC[C@@H]1CCCN(Cc2ccc(C)cc2)C1. The van der Waals surface area contributed by atoms with Crippen LogP contribution < -0.4 is 0 Å². The maximum Gasteiger partial charge on any atom is 0.0233 e. The van der Waals surface area contributed by atoms with Crippen molar-refractivity contribution in [3.63, 3.8) is 0 Å². The topological polar surface area (TPSA) is 3.24 Å². The van der Waals surface area contributed by atoms with Gasteiger partial charge < -0.3 is 0 Å². The first-order valence-electron chi connectivity index (χ1n) is 6.56. The van der Waals surface area contributed by atoms with Gasteiger partial charge in [-0.05, 0) is 37.8 Å². The molecular formula is C15H23N. The monoisotopic (exact) mass is 217 g/mol. The molecule has 0 amide bonds. The van der Waals surface area contributed by atoms with E-state index in [1.54, 1.807) is 0 Å². The van der Waals surface area contributed by atoms with Crippen LogP contribution in [0.25, 0.3) is 0 Å². The van der Waals surface area contributed by atoms with Crippen LogP contribution >= 0.6 is 0 Å². The van der Waals surface area contributed by atoms with Crippen molar-refractivity contribution >= 4 is 0 Å². The minimum absolute atomic E-state index is 0.930. The third kappa shape index (κ3) is 3.08. The van der Waals surface area contributed by atoms with Crippen molar-refractivity contribution in [2.45, 2.75) is 39.7 Å². The molecular weight excluding hydrogens is 194 g/mol. The normalized spacial score (nSPS) is 22.2. The Morgan fingerprint density at radius 3 is 2.69 bits per heavy atom. The van der Waals surface area contributed by atoms with Gasteiger partial charge in [0, 0.05) is 13.1 Å². The fraction of sp³-hybridized carbons (Fsp3) is 0.600. The lowest BCUT2D eigenvalue weighted by atomic mass is 9.95. The van der Waals surface area contributed by atoms with Gasteiger partial charge in [-0.15, -0.1) is 0 Å². The maximum absolute atomic E-state index is 2.61. The van der Waals surface area contributed by atoms with Crippen molar-refractivity contribution in [1.82, 2.24) is 4.90 Å². The molecule has 1 aromatic carbocycles. The van der Waals surface area contributed by atoms with E-state index in [0.717, 1.165) is 12.5 Å². The van der Waals surface area contributed by atoms with Crippen molar-refractivity contribution in [3.05, 3.63) is 35.4 Å². The molecule has 1 aliphatic heterocycles. The van der Waals surface area contributed by atoms with Crippen LogP contribution in [0.2, 0.25) is 0 Å². The van der Waals surface area contributed by atoms with Crippen LogP contribution in [-0.2, 0) is 6.54 Å². The van der Waals surface area contributed by atoms with Gasteiger partial charge in [0.15, 0.2) is 0 Å². The summed E-state index contributed by atoms with van der Waals surface area (Å²) in [7, 11) is 0. The Kier molecular flexibility index (Phi) is 4.00. The molecule has 1 nitrogen and oxygen atoms in total. The lowest BCUT2D eigenvalue weighted by molar-refractivity contribution is 0.165. The zero-order valence-corrected chi connectivity index (χ0v) is 10.6. The average molecular weight is 217 g/mol. The summed E-state index contributed by atoms with van der Waals surface area (Å²) in [5.74, 6) is 0.930. The summed E-state index contributed by atoms with van der Waals surface area (Å²) in [6.45, 7) is 8.18. The molecule has 0 spiro atoms. The lowest BCUT2D eigenvalue weighted by Crippen LogP contribution is -2.34. The quantitative estimate of drug-likeness (QED) is 0.747. The molecule has 1 heteroatoms. The van der Waals surface area contributed by atoms with Crippen LogP contribution in [0.1, 0.15) is 37.3 Å². The van der Waals surface area contributed by atoms with Crippen LogP contribution in [0.5, 0.6) is 0 Å². The Bertz CT molecular complexity index is 315. The van der Waals surface area contributed by atoms with Crippen LogP contribution in [0, 0.1) is 12.8 Å². The van der Waals surface area contributed by atoms with Gasteiger partial charge in [-0.1, -0.05) is 43.2 Å². The highest BCUT2D eigenvalue weighted by Crippen LogP contribution is 2.20. The van der Waals surface area contributed by atoms with Gasteiger partial charge in [0.2, 0.25) is 0 Å². The van der Waals surface area contributed by atoms with E-state index < -0.39 is 0 Å². The highest BCUT2D eigenvalue weighted by atomic mass is 15.1. The van der Waals surface area contributed by atoms with Crippen molar-refractivity contribution in [2.24, 2.45) is 5.92 Å². The Balaban J connectivity index is 1.91. The standard InChI is InChI=1S/C15H23N/c1-3-14-5-4-10-16(11-14)12-15-8-6-13(2)7-9-15/h6-9,14H,3-5,10-12H2,1-2H3/t14-/m1/s1. The molecule has 1 atom stereocenters. The van der Waals surface area contributed by atoms with Crippen LogP contribution in [0.3, 0.4) is 0 Å². The fourth-order valence-electron chi connectivity index (χ4n) is 2.58. The highest BCUT2D eigenvalue weighted by Gasteiger charge is 2.18. The van der Waals surface area contributed by atoms with Crippen LogP contribution in [-0.4, -0.2) is 18.0 Å². The molecule has 0 N–H and O–H groups in total. The van der Waals surface area contributed by atoms with E-state index in [1.165, 1.54) is 43.5 Å². The molecule has 0 aliphatic carbocycles. The first-order valence-corrected chi connectivity index (χ1v) is 6.56. The number of hydrogen-bond donors (Lipinski definition) is 0. The van der Waals surface area contributed by atoms with Gasteiger partial charge >= 0.3 is 0 Å². The van der Waals surface area contributed by atoms with E-state index in [-0.39, 0.29) is 0 Å². The Labute approximate surface area is 99.5 Å². The summed E-state index contributed by atoms with van der Waals surface area (Å²) < 4.78 is 0. The predicted molar refractivity (Wildman–Crippen MR) is 69.5 cm³/mol. The summed E-state index contributed by atoms with van der Waals surface area (Å²) in [5, 5.41) is 0. The first-order chi connectivity index (χ1) is 7.78. The van der Waals surface area contributed by atoms with Gasteiger partial charge in [0.25, 0.3) is 0 Å². The second-order valence-corrected chi connectivity index (χ2v) is 5.14. The van der Waals surface area contributed by atoms with Crippen LogP contribution in [0.15, 0.2) is 24.3 Å². The molecule has 0 radical (unpaired) electrons. The van der Waals surface area contributed by atoms with Crippen molar-refractivity contribution in [3.8, 4) is 0 Å². The van der Waals surface area contributed by atoms with E-state index in [0.29, 0.717) is 0 Å². The van der Waals surface area contributed by atoms with E-state index >= 15 is 0 Å². The number of hydrogen-bond acceptors (Lipinski definition) is 1. The van der Waals surface area contributed by atoms with Gasteiger partial charge in [-0.3, -0.25) is 4.90 Å². The van der Waals surface area contributed by atoms with Gasteiger partial charge in [0.1, 0.15) is 0 Å². The first kappa shape index (κ1) is 11.7. The molecule has 88 valence electrons. The molecule has 1 saturated heterocycles. The third-order valence-corrected chi connectivity index (χ3v) is 3.71. The number of aryl methyl sites for hydroxylation is 1. The Hall–Kier alpha value is -0.820. The summed E-state index contributed by atoms with van der Waals surface area (Å²) in [6.07, 6.45) is 4.15. The fourth-order valence-corrected chi connectivity index (χ4v) is 2.58. The molecule has 1 heterocycles. The second-order valence-electron chi connectivity index (χ2n) is 5.14. The zero-order valence-electron chi connectivity index (χ0n) is 10.6. The third-order valence-electron chi connectivity index (χ3n) is 3.71. The average Bonchev–Trinajstić information content (AvgIpc) is 2.32. The minimum atomic E-state index is 0.930. The molecule has 0 saturated carbocycles. The minimum Gasteiger partial charge on any atom is -0.299 e. The largest absolute Gasteiger partial charge is 0.299 e. The molecule has 1 aliphatic rings. The smallest absolute Gasteiger partial charge is 0.0233 e. The van der Waals surface area contributed by atoms with E-state index in [2.05, 4.69) is 43.0 Å². The molecule has 1 aromatic rings. The van der Waals surface area contributed by atoms with Gasteiger partial charge in [-0.25, -0.2) is 0 Å². The highest BCUT2D eigenvalue weighted by molar-refractivity contribution is 5.21. The van der Waals surface area contributed by atoms with Gasteiger partial charge in [0.05, 0.1) is 0 Å². The van der Waals surface area contributed by atoms with Crippen LogP contribution in [0.4, 0.5) is 0 Å². The van der Waals surface area contributed by atoms with E-state index in [9.17, 15) is 0 Å². The van der Waals surface area contributed by atoms with Gasteiger partial charge in [-0.2, -0.15) is 0 Å². The van der Waals surface area contributed by atoms with Crippen molar-refractivity contribution in [2.75, 3.05) is 13.1 Å². The zero-order chi connectivity index (χ0) is 11.4. The summed E-state index contributed by atoms with van der Waals surface area (Å²) in [4.78, 5) is 2.61. The molecule has 0 aromatic heterocycles. The second kappa shape index (κ2) is 5.49. The van der Waals surface area contributed by atoms with E-state index in [1.807, 2.05) is 0 Å². The van der Waals surface area contributed by atoms with Crippen molar-refractivity contribution < 1.29 is 0 Å². The number of rotatable bonds is 3. The molecule has 0 unspecified atom stereocenters. The summed E-state index contributed by atoms with van der Waals surface area (Å²) in [5.41, 5.74) is 2.82. The molecule has 1 fully saturated rings. The predicted octanol–water partition coefficient (Wildman–Crippen LogP) is 3.62. The number of nitrogens with zero attached hydrogens (tertiary/aromatic N) is 1. The van der Waals surface area contributed by atoms with Crippen molar-refractivity contribution in [1.29, 1.82) is 0 Å². The summed E-state index contributed by atoms with van der Waals surface area (Å²) >= 11 is 0. The van der Waals surface area contributed by atoms with E-state index in [4.69, 9.17) is 0 Å². The summed E-state index contributed by atoms with van der Waals surface area (Å²) in [6, 6.07) is 8.98. The molecule has 0 bridgehead atoms. The Morgan fingerprint density at radius 2 is 2.00 bits per heavy atom. The number of piperidine rings is 1. The number of benzene rings is 1. The molecule has 16 heavy (non-hydrogen) atoms. The Morgan fingerprint density at radius 1 is 1.25 bits per heavy atom. The lowest BCUT2D eigenvalue weighted by Gasteiger charge is -2.32.